The molecule has 0 aliphatic heterocycles. The molecule has 0 nitrogen and oxygen atoms in total. The second-order valence-corrected chi connectivity index (χ2v) is 8.18. The number of hydrogen-bond donors (Lipinski definition) is 0. The van der Waals surface area contributed by atoms with Crippen molar-refractivity contribution in [2.24, 2.45) is 5.92 Å². The Labute approximate surface area is 183 Å². The maximum Gasteiger partial charge on any atom is 0.0104 e. The molecule has 0 atom stereocenters. The topological polar surface area (TPSA) is 0 Å². The van der Waals surface area contributed by atoms with Gasteiger partial charge in [0, 0.05) is 5.92 Å². The first kappa shape index (κ1) is 27.4. The Morgan fingerprint density at radius 3 is 1.21 bits per heavy atom. The minimum atomic E-state index is 0.567. The Morgan fingerprint density at radius 1 is 0.586 bits per heavy atom. The zero-order valence-electron chi connectivity index (χ0n) is 21.5. The molecule has 1 aliphatic rings. The van der Waals surface area contributed by atoms with Gasteiger partial charge in [-0.1, -0.05) is 119 Å². The van der Waals surface area contributed by atoms with Crippen LogP contribution in [-0.4, -0.2) is 0 Å². The summed E-state index contributed by atoms with van der Waals surface area (Å²) in [5.74, 6) is 2.46. The lowest BCUT2D eigenvalue weighted by Crippen LogP contribution is -2.03. The van der Waals surface area contributed by atoms with E-state index < -0.39 is 0 Å². The minimum Gasteiger partial charge on any atom is -0.0683 e. The van der Waals surface area contributed by atoms with Crippen LogP contribution in [0.4, 0.5) is 0 Å². The Balaban J connectivity index is 0.00000120. The maximum atomic E-state index is 2.47. The van der Waals surface area contributed by atoms with Crippen LogP contribution < -0.4 is 0 Å². The Hall–Kier alpha value is -1.56. The van der Waals surface area contributed by atoms with Gasteiger partial charge in [0.15, 0.2) is 0 Å². The van der Waals surface area contributed by atoms with Gasteiger partial charge in [0.1, 0.15) is 0 Å². The normalized spacial score (nSPS) is 11.7. The zero-order valence-corrected chi connectivity index (χ0v) is 21.5. The molecule has 0 saturated carbocycles. The molecule has 0 spiro atoms. The Bertz CT molecular complexity index is 646. The first-order chi connectivity index (χ1) is 13.9. The predicted molar refractivity (Wildman–Crippen MR) is 135 cm³/mol. The molecular formula is C29H48. The molecule has 0 aromatic heterocycles. The van der Waals surface area contributed by atoms with E-state index in [0.717, 1.165) is 0 Å². The molecule has 164 valence electrons. The van der Waals surface area contributed by atoms with Gasteiger partial charge in [0.2, 0.25) is 0 Å². The van der Waals surface area contributed by atoms with Crippen LogP contribution in [0, 0.1) is 5.92 Å². The monoisotopic (exact) mass is 396 g/mol. The molecule has 3 rings (SSSR count). The highest BCUT2D eigenvalue weighted by Crippen LogP contribution is 2.48. The van der Waals surface area contributed by atoms with Crippen molar-refractivity contribution < 1.29 is 0 Å². The molecule has 0 N–H and O–H groups in total. The van der Waals surface area contributed by atoms with Crippen LogP contribution >= 0.6 is 0 Å². The van der Waals surface area contributed by atoms with E-state index in [2.05, 4.69) is 77.9 Å². The second kappa shape index (κ2) is 13.6. The lowest BCUT2D eigenvalue weighted by molar-refractivity contribution is 0.546. The fourth-order valence-electron chi connectivity index (χ4n) is 3.84. The van der Waals surface area contributed by atoms with Crippen LogP contribution in [0.3, 0.4) is 0 Å². The van der Waals surface area contributed by atoms with E-state index in [4.69, 9.17) is 0 Å². The third kappa shape index (κ3) is 6.73. The number of rotatable bonds is 4. The van der Waals surface area contributed by atoms with Crippen LogP contribution in [0.15, 0.2) is 36.4 Å². The average molecular weight is 397 g/mol. The van der Waals surface area contributed by atoms with Crippen molar-refractivity contribution in [1.29, 1.82) is 0 Å². The van der Waals surface area contributed by atoms with Gasteiger partial charge in [0.25, 0.3) is 0 Å². The highest BCUT2D eigenvalue weighted by atomic mass is 14.3. The summed E-state index contributed by atoms with van der Waals surface area (Å²) in [7, 11) is 0. The number of hydrogen-bond acceptors (Lipinski definition) is 0. The molecule has 2 aromatic rings. The van der Waals surface area contributed by atoms with Gasteiger partial charge < -0.3 is 0 Å². The van der Waals surface area contributed by atoms with E-state index in [1.807, 2.05) is 41.5 Å². The fourth-order valence-corrected chi connectivity index (χ4v) is 3.84. The Morgan fingerprint density at radius 2 is 0.931 bits per heavy atom. The summed E-state index contributed by atoms with van der Waals surface area (Å²) in [6.45, 7) is 25.8. The molecule has 0 bridgehead atoms. The molecular weight excluding hydrogens is 348 g/mol. The molecule has 0 radical (unpaired) electrons. The summed E-state index contributed by atoms with van der Waals surface area (Å²) in [4.78, 5) is 0. The first-order valence-electron chi connectivity index (χ1n) is 12.2. The minimum absolute atomic E-state index is 0.567. The largest absolute Gasteiger partial charge is 0.0683 e. The van der Waals surface area contributed by atoms with Gasteiger partial charge in [-0.2, -0.15) is 0 Å². The van der Waals surface area contributed by atoms with Crippen molar-refractivity contribution >= 4 is 0 Å². The third-order valence-electron chi connectivity index (χ3n) is 5.23. The third-order valence-corrected chi connectivity index (χ3v) is 5.23. The van der Waals surface area contributed by atoms with Crippen LogP contribution in [0.1, 0.15) is 130 Å². The van der Waals surface area contributed by atoms with Gasteiger partial charge in [0.05, 0.1) is 0 Å². The summed E-state index contributed by atoms with van der Waals surface area (Å²) in [5.41, 5.74) is 8.97. The van der Waals surface area contributed by atoms with Crippen molar-refractivity contribution in [2.75, 3.05) is 0 Å². The smallest absolute Gasteiger partial charge is 0.0104 e. The lowest BCUT2D eigenvalue weighted by atomic mass is 9.86. The van der Waals surface area contributed by atoms with Crippen molar-refractivity contribution in [1.82, 2.24) is 0 Å². The second-order valence-electron chi connectivity index (χ2n) is 8.18. The van der Waals surface area contributed by atoms with Crippen LogP contribution in [0.25, 0.3) is 11.1 Å². The molecule has 0 unspecified atom stereocenters. The molecule has 1 aliphatic carbocycles. The summed E-state index contributed by atoms with van der Waals surface area (Å²) >= 11 is 0. The van der Waals surface area contributed by atoms with Crippen LogP contribution in [-0.2, 0) is 0 Å². The standard InChI is InChI=1S/C23H30.3C2H6/c1-14(2)11-21-22-12-17(15(3)4)7-9-19(22)20-10-8-18(16(5)6)13-23(20)21;3*1-2/h7-10,12-16,21H,11H2,1-6H3;3*1-2H3. The highest BCUT2D eigenvalue weighted by molar-refractivity contribution is 5.79. The summed E-state index contributed by atoms with van der Waals surface area (Å²) in [5, 5.41) is 0. The van der Waals surface area contributed by atoms with E-state index in [9.17, 15) is 0 Å². The molecule has 0 heterocycles. The molecule has 2 aromatic carbocycles. The van der Waals surface area contributed by atoms with Crippen molar-refractivity contribution in [2.45, 2.75) is 107 Å². The van der Waals surface area contributed by atoms with Gasteiger partial charge >= 0.3 is 0 Å². The van der Waals surface area contributed by atoms with E-state index in [-0.39, 0.29) is 0 Å². The first-order valence-corrected chi connectivity index (χ1v) is 12.2. The van der Waals surface area contributed by atoms with Gasteiger partial charge in [-0.3, -0.25) is 0 Å². The van der Waals surface area contributed by atoms with Gasteiger partial charge in [-0.15, -0.1) is 0 Å². The van der Waals surface area contributed by atoms with Gasteiger partial charge in [-0.05, 0) is 57.6 Å². The summed E-state index contributed by atoms with van der Waals surface area (Å²) < 4.78 is 0. The average Bonchev–Trinajstić information content (AvgIpc) is 3.04. The predicted octanol–water partition coefficient (Wildman–Crippen LogP) is 10.2. The van der Waals surface area contributed by atoms with Crippen molar-refractivity contribution in [3.05, 3.63) is 58.7 Å². The van der Waals surface area contributed by atoms with Crippen LogP contribution in [0.5, 0.6) is 0 Å². The molecule has 29 heavy (non-hydrogen) atoms. The summed E-state index contributed by atoms with van der Waals surface area (Å²) in [6.07, 6.45) is 1.24. The SMILES string of the molecule is CC.CC.CC.CC(C)CC1c2cc(C(C)C)ccc2-c2ccc(C(C)C)cc21. The van der Waals surface area contributed by atoms with E-state index >= 15 is 0 Å². The van der Waals surface area contributed by atoms with Crippen molar-refractivity contribution in [3.8, 4) is 11.1 Å². The Kier molecular flexibility index (Phi) is 12.9. The lowest BCUT2D eigenvalue weighted by Gasteiger charge is -2.18. The highest BCUT2D eigenvalue weighted by Gasteiger charge is 2.30. The van der Waals surface area contributed by atoms with Crippen molar-refractivity contribution in [3.63, 3.8) is 0 Å². The zero-order chi connectivity index (χ0) is 22.7. The number of benzene rings is 2. The number of fused-ring (bicyclic) bond motifs is 3. The molecule has 0 saturated heterocycles. The maximum absolute atomic E-state index is 2.47. The molecule has 0 fully saturated rings. The van der Waals surface area contributed by atoms with Crippen LogP contribution in [0.2, 0.25) is 0 Å². The van der Waals surface area contributed by atoms with E-state index in [1.54, 1.807) is 11.1 Å². The molecule has 0 amide bonds. The fraction of sp³-hybridized carbons (Fsp3) is 0.586. The van der Waals surface area contributed by atoms with E-state index in [1.165, 1.54) is 28.7 Å². The summed E-state index contributed by atoms with van der Waals surface area (Å²) in [6, 6.07) is 14.3. The quantitative estimate of drug-likeness (QED) is 0.482. The molecule has 0 heteroatoms. The van der Waals surface area contributed by atoms with Gasteiger partial charge in [-0.25, -0.2) is 0 Å². The van der Waals surface area contributed by atoms with E-state index in [0.29, 0.717) is 23.7 Å².